The minimum atomic E-state index is -0.351. The monoisotopic (exact) mass is 439 g/mol. The van der Waals surface area contributed by atoms with Gasteiger partial charge in [0.05, 0.1) is 29.5 Å². The minimum absolute atomic E-state index is 0.351. The molecule has 1 N–H and O–H groups in total. The molecule has 6 rings (SSSR count). The SMILES string of the molecule is [C-]#[N+]c1cc2[nH]nc(-c3ccc4c(c3)OC[C@H]3CN(C)CCN43)c2cc1-c1ccccc1F. The summed E-state index contributed by atoms with van der Waals surface area (Å²) in [7, 11) is 2.15. The number of benzene rings is 3. The Morgan fingerprint density at radius 2 is 2.00 bits per heavy atom. The smallest absolute Gasteiger partial charge is 0.197 e. The van der Waals surface area contributed by atoms with Gasteiger partial charge < -0.3 is 14.5 Å². The molecule has 0 unspecified atom stereocenters. The van der Waals surface area contributed by atoms with Crippen molar-refractivity contribution in [1.29, 1.82) is 0 Å². The third-order valence-corrected chi connectivity index (χ3v) is 6.62. The number of piperazine rings is 1. The van der Waals surface area contributed by atoms with Crippen LogP contribution >= 0.6 is 0 Å². The summed E-state index contributed by atoms with van der Waals surface area (Å²) in [6.07, 6.45) is 0. The minimum Gasteiger partial charge on any atom is -0.489 e. The predicted molar refractivity (Wildman–Crippen MR) is 127 cm³/mol. The van der Waals surface area contributed by atoms with E-state index >= 15 is 0 Å². The summed E-state index contributed by atoms with van der Waals surface area (Å²) >= 11 is 0. The van der Waals surface area contributed by atoms with E-state index in [1.807, 2.05) is 12.1 Å². The molecule has 0 amide bonds. The number of anilines is 1. The first kappa shape index (κ1) is 19.8. The Hall–Kier alpha value is -3.89. The van der Waals surface area contributed by atoms with Gasteiger partial charge in [-0.15, -0.1) is 0 Å². The molecule has 0 radical (unpaired) electrons. The van der Waals surface area contributed by atoms with Gasteiger partial charge in [-0.25, -0.2) is 9.24 Å². The maximum Gasteiger partial charge on any atom is 0.197 e. The Labute approximate surface area is 191 Å². The van der Waals surface area contributed by atoms with Crippen LogP contribution in [0.5, 0.6) is 5.75 Å². The van der Waals surface area contributed by atoms with Crippen LogP contribution in [-0.2, 0) is 0 Å². The molecule has 3 heterocycles. The van der Waals surface area contributed by atoms with Gasteiger partial charge in [0.1, 0.15) is 18.2 Å². The molecule has 3 aromatic carbocycles. The number of rotatable bonds is 2. The number of aromatic nitrogens is 2. The first-order chi connectivity index (χ1) is 16.1. The third kappa shape index (κ3) is 3.22. The maximum atomic E-state index is 14.5. The second-order valence-corrected chi connectivity index (χ2v) is 8.68. The molecule has 2 aliphatic heterocycles. The van der Waals surface area contributed by atoms with E-state index in [0.717, 1.165) is 53.2 Å². The van der Waals surface area contributed by atoms with Gasteiger partial charge in [0.25, 0.3) is 0 Å². The molecule has 4 aromatic rings. The molecule has 164 valence electrons. The van der Waals surface area contributed by atoms with Crippen LogP contribution in [0.3, 0.4) is 0 Å². The molecule has 1 saturated heterocycles. The van der Waals surface area contributed by atoms with Gasteiger partial charge in [0.2, 0.25) is 0 Å². The van der Waals surface area contributed by atoms with E-state index in [2.05, 4.69) is 44.0 Å². The van der Waals surface area contributed by atoms with Crippen molar-refractivity contribution in [2.24, 2.45) is 0 Å². The zero-order valence-corrected chi connectivity index (χ0v) is 18.2. The van der Waals surface area contributed by atoms with Crippen LogP contribution in [-0.4, -0.2) is 54.4 Å². The van der Waals surface area contributed by atoms with Crippen LogP contribution in [0, 0.1) is 12.4 Å². The fraction of sp³-hybridized carbons (Fsp3) is 0.231. The summed E-state index contributed by atoms with van der Waals surface area (Å²) in [5, 5.41) is 8.42. The highest BCUT2D eigenvalue weighted by atomic mass is 19.1. The fourth-order valence-electron chi connectivity index (χ4n) is 4.93. The number of aromatic amines is 1. The van der Waals surface area contributed by atoms with Gasteiger partial charge in [0, 0.05) is 36.1 Å². The quantitative estimate of drug-likeness (QED) is 0.442. The largest absolute Gasteiger partial charge is 0.489 e. The van der Waals surface area contributed by atoms with Gasteiger partial charge in [0.15, 0.2) is 5.69 Å². The summed E-state index contributed by atoms with van der Waals surface area (Å²) in [5.41, 5.74) is 4.89. The van der Waals surface area contributed by atoms with Crippen LogP contribution in [0.2, 0.25) is 0 Å². The lowest BCUT2D eigenvalue weighted by molar-refractivity contribution is 0.188. The van der Waals surface area contributed by atoms with Gasteiger partial charge >= 0.3 is 0 Å². The second-order valence-electron chi connectivity index (χ2n) is 8.68. The normalized spacial score (nSPS) is 17.8. The van der Waals surface area contributed by atoms with Gasteiger partial charge in [-0.3, -0.25) is 5.10 Å². The standard InChI is InChI=1S/C26H22FN5O/c1-28-22-13-23-20(12-19(22)18-5-3-4-6-21(18)27)26(30-29-23)16-7-8-24-25(11-16)33-15-17-14-31(2)9-10-32(17)24/h3-8,11-13,17H,9-10,14-15H2,2H3,(H,29,30)/t17-/m1/s1. The number of H-pyrrole nitrogens is 1. The van der Waals surface area contributed by atoms with Gasteiger partial charge in [-0.05, 0) is 36.9 Å². The molecule has 0 aliphatic carbocycles. The van der Waals surface area contributed by atoms with Crippen LogP contribution in [0.1, 0.15) is 0 Å². The van der Waals surface area contributed by atoms with Crippen LogP contribution < -0.4 is 9.64 Å². The van der Waals surface area contributed by atoms with Crippen molar-refractivity contribution in [3.05, 3.63) is 71.8 Å². The van der Waals surface area contributed by atoms with E-state index in [0.29, 0.717) is 29.5 Å². The Kier molecular flexibility index (Phi) is 4.56. The molecule has 33 heavy (non-hydrogen) atoms. The van der Waals surface area contributed by atoms with E-state index in [1.54, 1.807) is 24.3 Å². The lowest BCUT2D eigenvalue weighted by Gasteiger charge is -2.44. The zero-order chi connectivity index (χ0) is 22.5. The predicted octanol–water partition coefficient (Wildman–Crippen LogP) is 5.10. The van der Waals surface area contributed by atoms with E-state index in [-0.39, 0.29) is 5.82 Å². The molecule has 1 fully saturated rings. The fourth-order valence-corrected chi connectivity index (χ4v) is 4.93. The van der Waals surface area contributed by atoms with Crippen molar-refractivity contribution < 1.29 is 9.13 Å². The first-order valence-corrected chi connectivity index (χ1v) is 11.0. The summed E-state index contributed by atoms with van der Waals surface area (Å²) in [4.78, 5) is 8.40. The highest BCUT2D eigenvalue weighted by Gasteiger charge is 2.32. The topological polar surface area (TPSA) is 48.8 Å². The molecule has 7 heteroatoms. The van der Waals surface area contributed by atoms with E-state index in [9.17, 15) is 4.39 Å². The van der Waals surface area contributed by atoms with E-state index < -0.39 is 0 Å². The number of hydrogen-bond acceptors (Lipinski definition) is 4. The summed E-state index contributed by atoms with van der Waals surface area (Å²) in [5.74, 6) is 0.507. The van der Waals surface area contributed by atoms with Gasteiger partial charge in [-0.2, -0.15) is 5.10 Å². The molecule has 2 aliphatic rings. The second kappa shape index (κ2) is 7.61. The summed E-state index contributed by atoms with van der Waals surface area (Å²) in [6.45, 7) is 11.3. The summed E-state index contributed by atoms with van der Waals surface area (Å²) < 4.78 is 20.7. The van der Waals surface area contributed by atoms with E-state index in [4.69, 9.17) is 11.3 Å². The average molecular weight is 439 g/mol. The van der Waals surface area contributed by atoms with Crippen LogP contribution in [0.15, 0.2) is 54.6 Å². The number of ether oxygens (including phenoxy) is 1. The molecule has 1 atom stereocenters. The lowest BCUT2D eigenvalue weighted by Crippen LogP contribution is -2.56. The molecule has 0 saturated carbocycles. The number of halogens is 1. The zero-order valence-electron chi connectivity index (χ0n) is 18.2. The van der Waals surface area contributed by atoms with Gasteiger partial charge in [-0.1, -0.05) is 30.3 Å². The Morgan fingerprint density at radius 1 is 1.12 bits per heavy atom. The molecular weight excluding hydrogens is 417 g/mol. The highest BCUT2D eigenvalue weighted by molar-refractivity contribution is 6.00. The van der Waals surface area contributed by atoms with Crippen molar-refractivity contribution in [2.45, 2.75) is 6.04 Å². The van der Waals surface area contributed by atoms with Crippen LogP contribution in [0.25, 0.3) is 38.1 Å². The third-order valence-electron chi connectivity index (χ3n) is 6.62. The highest BCUT2D eigenvalue weighted by Crippen LogP contribution is 2.41. The Morgan fingerprint density at radius 3 is 2.85 bits per heavy atom. The molecule has 1 aromatic heterocycles. The van der Waals surface area contributed by atoms with Crippen molar-refractivity contribution in [1.82, 2.24) is 15.1 Å². The number of nitrogens with one attached hydrogen (secondary N) is 1. The maximum absolute atomic E-state index is 14.5. The van der Waals surface area contributed by atoms with Crippen molar-refractivity contribution in [3.63, 3.8) is 0 Å². The lowest BCUT2D eigenvalue weighted by atomic mass is 9.98. The number of nitrogens with zero attached hydrogens (tertiary/aromatic N) is 4. The first-order valence-electron chi connectivity index (χ1n) is 11.0. The number of likely N-dealkylation sites (N-methyl/N-ethyl adjacent to an activating group) is 1. The Bertz CT molecular complexity index is 1420. The van der Waals surface area contributed by atoms with Crippen molar-refractivity contribution in [3.8, 4) is 28.1 Å². The summed E-state index contributed by atoms with van der Waals surface area (Å²) in [6, 6.07) is 16.7. The molecule has 0 bridgehead atoms. The molecular formula is C26H22FN5O. The Balaban J connectivity index is 1.45. The van der Waals surface area contributed by atoms with Crippen molar-refractivity contribution >= 4 is 22.3 Å². The molecule has 0 spiro atoms. The van der Waals surface area contributed by atoms with Crippen LogP contribution in [0.4, 0.5) is 15.8 Å². The van der Waals surface area contributed by atoms with E-state index in [1.165, 1.54) is 6.07 Å². The number of hydrogen-bond donors (Lipinski definition) is 1. The van der Waals surface area contributed by atoms with Crippen molar-refractivity contribution in [2.75, 3.05) is 38.2 Å². The molecule has 6 nitrogen and oxygen atoms in total. The number of fused-ring (bicyclic) bond motifs is 4. The average Bonchev–Trinajstić information content (AvgIpc) is 3.25.